The SMILES string of the molecule is Cc1c(Br)c(=O)n(C[C@H](C)C2CCCCC2)c(=O)n1Cc1c(F)cccc1F. The van der Waals surface area contributed by atoms with Crippen LogP contribution in [0, 0.1) is 30.4 Å². The van der Waals surface area contributed by atoms with E-state index in [1.165, 1.54) is 34.5 Å². The second kappa shape index (κ2) is 8.72. The summed E-state index contributed by atoms with van der Waals surface area (Å²) in [6, 6.07) is 3.61. The van der Waals surface area contributed by atoms with Crippen molar-refractivity contribution in [3.8, 4) is 0 Å². The van der Waals surface area contributed by atoms with Crippen LogP contribution in [0.5, 0.6) is 0 Å². The zero-order valence-corrected chi connectivity index (χ0v) is 17.8. The third-order valence-electron chi connectivity index (χ3n) is 5.92. The molecule has 0 radical (unpaired) electrons. The Morgan fingerprint density at radius 1 is 1.11 bits per heavy atom. The van der Waals surface area contributed by atoms with Gasteiger partial charge >= 0.3 is 5.69 Å². The maximum Gasteiger partial charge on any atom is 0.331 e. The van der Waals surface area contributed by atoms with Crippen molar-refractivity contribution in [3.05, 3.63) is 66.4 Å². The average molecular weight is 455 g/mol. The third-order valence-corrected chi connectivity index (χ3v) is 6.83. The molecule has 28 heavy (non-hydrogen) atoms. The van der Waals surface area contributed by atoms with E-state index >= 15 is 0 Å². The highest BCUT2D eigenvalue weighted by Crippen LogP contribution is 2.30. The maximum absolute atomic E-state index is 14.1. The first kappa shape index (κ1) is 21.0. The Kier molecular flexibility index (Phi) is 6.53. The van der Waals surface area contributed by atoms with Crippen molar-refractivity contribution in [3.63, 3.8) is 0 Å². The molecule has 1 aliphatic carbocycles. The van der Waals surface area contributed by atoms with Gasteiger partial charge < -0.3 is 0 Å². The molecule has 2 aromatic rings. The van der Waals surface area contributed by atoms with Gasteiger partial charge in [-0.15, -0.1) is 0 Å². The Balaban J connectivity index is 2.00. The Morgan fingerprint density at radius 2 is 1.71 bits per heavy atom. The molecule has 0 bridgehead atoms. The van der Waals surface area contributed by atoms with Crippen LogP contribution in [0.25, 0.3) is 0 Å². The average Bonchev–Trinajstić information content (AvgIpc) is 2.69. The van der Waals surface area contributed by atoms with Gasteiger partial charge in [0.2, 0.25) is 0 Å². The molecular weight excluding hydrogens is 430 g/mol. The molecule has 0 amide bonds. The Labute approximate surface area is 171 Å². The summed E-state index contributed by atoms with van der Waals surface area (Å²) in [6.45, 7) is 3.71. The van der Waals surface area contributed by atoms with E-state index in [9.17, 15) is 18.4 Å². The summed E-state index contributed by atoms with van der Waals surface area (Å²) >= 11 is 3.27. The van der Waals surface area contributed by atoms with Crippen LogP contribution in [-0.4, -0.2) is 9.13 Å². The lowest BCUT2D eigenvalue weighted by Crippen LogP contribution is -2.43. The normalized spacial score (nSPS) is 16.3. The van der Waals surface area contributed by atoms with Crippen LogP contribution in [-0.2, 0) is 13.1 Å². The van der Waals surface area contributed by atoms with Crippen LogP contribution in [0.3, 0.4) is 0 Å². The Hall–Kier alpha value is -1.76. The molecule has 7 heteroatoms. The fourth-order valence-corrected chi connectivity index (χ4v) is 4.52. The molecule has 1 heterocycles. The van der Waals surface area contributed by atoms with Gasteiger partial charge in [-0.25, -0.2) is 13.6 Å². The number of hydrogen-bond acceptors (Lipinski definition) is 2. The van der Waals surface area contributed by atoms with Crippen molar-refractivity contribution in [2.45, 2.75) is 59.0 Å². The fourth-order valence-electron chi connectivity index (χ4n) is 4.10. The predicted molar refractivity (Wildman–Crippen MR) is 109 cm³/mol. The summed E-state index contributed by atoms with van der Waals surface area (Å²) in [5, 5.41) is 0. The molecule has 1 saturated carbocycles. The van der Waals surface area contributed by atoms with Crippen molar-refractivity contribution in [2.75, 3.05) is 0 Å². The second-order valence-corrected chi connectivity index (χ2v) is 8.55. The van der Waals surface area contributed by atoms with E-state index in [0.717, 1.165) is 25.0 Å². The standard InChI is InChI=1S/C21H25BrF2N2O2/c1-13(15-7-4-3-5-8-15)11-26-20(27)19(22)14(2)25(21(26)28)12-16-17(23)9-6-10-18(16)24/h6,9-10,13,15H,3-5,7-8,11-12H2,1-2H3/t13-/m0/s1. The zero-order chi connectivity index (χ0) is 20.4. The maximum atomic E-state index is 14.1. The lowest BCUT2D eigenvalue weighted by Gasteiger charge is -2.28. The van der Waals surface area contributed by atoms with Gasteiger partial charge in [0.25, 0.3) is 5.56 Å². The summed E-state index contributed by atoms with van der Waals surface area (Å²) in [4.78, 5) is 25.8. The largest absolute Gasteiger partial charge is 0.331 e. The monoisotopic (exact) mass is 454 g/mol. The van der Waals surface area contributed by atoms with Crippen LogP contribution in [0.1, 0.15) is 50.3 Å². The van der Waals surface area contributed by atoms with Crippen molar-refractivity contribution < 1.29 is 8.78 Å². The molecular formula is C21H25BrF2N2O2. The first-order chi connectivity index (χ1) is 13.3. The van der Waals surface area contributed by atoms with Crippen LogP contribution < -0.4 is 11.2 Å². The van der Waals surface area contributed by atoms with Crippen LogP contribution in [0.2, 0.25) is 0 Å². The van der Waals surface area contributed by atoms with Gasteiger partial charge in [-0.1, -0.05) is 45.1 Å². The number of rotatable bonds is 5. The first-order valence-corrected chi connectivity index (χ1v) is 10.5. The Bertz CT molecular complexity index is 957. The van der Waals surface area contributed by atoms with Gasteiger partial charge in [0, 0.05) is 17.8 Å². The highest BCUT2D eigenvalue weighted by molar-refractivity contribution is 9.10. The molecule has 1 aliphatic rings. The van der Waals surface area contributed by atoms with E-state index in [1.807, 2.05) is 0 Å². The minimum Gasteiger partial charge on any atom is -0.292 e. The number of halogens is 3. The molecule has 1 fully saturated rings. The summed E-state index contributed by atoms with van der Waals surface area (Å²) in [5.41, 5.74) is -0.754. The minimum atomic E-state index is -0.712. The highest BCUT2D eigenvalue weighted by atomic mass is 79.9. The van der Waals surface area contributed by atoms with E-state index in [2.05, 4.69) is 22.9 Å². The van der Waals surface area contributed by atoms with Gasteiger partial charge in [0.1, 0.15) is 16.1 Å². The molecule has 0 saturated heterocycles. The van der Waals surface area contributed by atoms with Gasteiger partial charge in [-0.05, 0) is 46.8 Å². The molecule has 3 rings (SSSR count). The second-order valence-electron chi connectivity index (χ2n) is 7.76. The lowest BCUT2D eigenvalue weighted by molar-refractivity contribution is 0.235. The van der Waals surface area contributed by atoms with E-state index < -0.39 is 22.9 Å². The minimum absolute atomic E-state index is 0.180. The summed E-state index contributed by atoms with van der Waals surface area (Å²) in [5.74, 6) is -0.761. The number of aromatic nitrogens is 2. The summed E-state index contributed by atoms with van der Waals surface area (Å²) in [6.07, 6.45) is 5.81. The van der Waals surface area contributed by atoms with Crippen molar-refractivity contribution >= 4 is 15.9 Å². The van der Waals surface area contributed by atoms with Gasteiger partial charge in [0.05, 0.1) is 6.54 Å². The van der Waals surface area contributed by atoms with Gasteiger partial charge in [-0.3, -0.25) is 13.9 Å². The number of nitrogens with zero attached hydrogens (tertiary/aromatic N) is 2. The predicted octanol–water partition coefficient (Wildman–Crippen LogP) is 4.62. The molecule has 0 unspecified atom stereocenters. The quantitative estimate of drug-likeness (QED) is 0.661. The molecule has 1 aromatic heterocycles. The number of benzene rings is 1. The van der Waals surface area contributed by atoms with E-state index in [0.29, 0.717) is 18.2 Å². The first-order valence-electron chi connectivity index (χ1n) is 9.74. The van der Waals surface area contributed by atoms with Crippen LogP contribution >= 0.6 is 15.9 Å². The van der Waals surface area contributed by atoms with E-state index in [1.54, 1.807) is 6.92 Å². The van der Waals surface area contributed by atoms with Crippen LogP contribution in [0.15, 0.2) is 32.3 Å². The van der Waals surface area contributed by atoms with Gasteiger partial charge in [0.15, 0.2) is 0 Å². The van der Waals surface area contributed by atoms with E-state index in [4.69, 9.17) is 0 Å². The third kappa shape index (κ3) is 4.14. The van der Waals surface area contributed by atoms with Crippen molar-refractivity contribution in [1.29, 1.82) is 0 Å². The lowest BCUT2D eigenvalue weighted by atomic mass is 9.81. The molecule has 0 N–H and O–H groups in total. The molecule has 152 valence electrons. The van der Waals surface area contributed by atoms with Gasteiger partial charge in [-0.2, -0.15) is 0 Å². The van der Waals surface area contributed by atoms with Crippen molar-refractivity contribution in [2.24, 2.45) is 11.8 Å². The fraction of sp³-hybridized carbons (Fsp3) is 0.524. The number of hydrogen-bond donors (Lipinski definition) is 0. The topological polar surface area (TPSA) is 44.0 Å². The highest BCUT2D eigenvalue weighted by Gasteiger charge is 2.24. The molecule has 4 nitrogen and oxygen atoms in total. The van der Waals surface area contributed by atoms with Crippen molar-refractivity contribution in [1.82, 2.24) is 9.13 Å². The summed E-state index contributed by atoms with van der Waals surface area (Å²) in [7, 11) is 0. The molecule has 0 spiro atoms. The molecule has 0 aliphatic heterocycles. The zero-order valence-electron chi connectivity index (χ0n) is 16.2. The molecule has 1 aromatic carbocycles. The van der Waals surface area contributed by atoms with Crippen LogP contribution in [0.4, 0.5) is 8.78 Å². The molecule has 1 atom stereocenters. The van der Waals surface area contributed by atoms with E-state index in [-0.39, 0.29) is 22.5 Å². The smallest absolute Gasteiger partial charge is 0.292 e. The Morgan fingerprint density at radius 3 is 2.32 bits per heavy atom. The summed E-state index contributed by atoms with van der Waals surface area (Å²) < 4.78 is 30.9.